The highest BCUT2D eigenvalue weighted by atomic mass is 16.6. The molecule has 0 amide bonds. The summed E-state index contributed by atoms with van der Waals surface area (Å²) in [6.45, 7) is 13.4. The Morgan fingerprint density at radius 1 is 1.00 bits per heavy atom. The van der Waals surface area contributed by atoms with Crippen LogP contribution in [0.3, 0.4) is 0 Å². The molecule has 200 valence electrons. The molecule has 0 N–H and O–H groups in total. The van der Waals surface area contributed by atoms with Gasteiger partial charge in [-0.1, -0.05) is 33.8 Å². The minimum absolute atomic E-state index is 0.0998. The quantitative estimate of drug-likeness (QED) is 0.284. The Morgan fingerprint density at radius 2 is 1.67 bits per heavy atom. The van der Waals surface area contributed by atoms with Crippen LogP contribution in [0.2, 0.25) is 0 Å². The molecule has 5 heteroatoms. The highest BCUT2D eigenvalue weighted by molar-refractivity contribution is 5.95. The van der Waals surface area contributed by atoms with Gasteiger partial charge in [0.25, 0.3) is 0 Å². The molecule has 4 rings (SSSR count). The predicted octanol–water partition coefficient (Wildman–Crippen LogP) is 6.46. The number of allylic oxidation sites excluding steroid dienone is 4. The predicted molar refractivity (Wildman–Crippen MR) is 140 cm³/mol. The summed E-state index contributed by atoms with van der Waals surface area (Å²) in [5.41, 5.74) is 2.99. The molecule has 2 saturated carbocycles. The minimum Gasteiger partial charge on any atom is -0.465 e. The fourth-order valence-electron chi connectivity index (χ4n) is 8.85. The van der Waals surface area contributed by atoms with E-state index in [0.717, 1.165) is 19.3 Å². The van der Waals surface area contributed by atoms with Gasteiger partial charge in [0.2, 0.25) is 0 Å². The van der Waals surface area contributed by atoms with Crippen molar-refractivity contribution in [2.45, 2.75) is 92.9 Å². The zero-order valence-electron chi connectivity index (χ0n) is 23.2. The van der Waals surface area contributed by atoms with Crippen LogP contribution < -0.4 is 0 Å². The van der Waals surface area contributed by atoms with Gasteiger partial charge in [-0.2, -0.15) is 0 Å². The third-order valence-electron chi connectivity index (χ3n) is 10.6. The van der Waals surface area contributed by atoms with E-state index in [-0.39, 0.29) is 35.7 Å². The Labute approximate surface area is 217 Å². The number of ether oxygens (including phenoxy) is 2. The summed E-state index contributed by atoms with van der Waals surface area (Å²) in [5.74, 6) is 0.965. The zero-order valence-corrected chi connectivity index (χ0v) is 23.2. The van der Waals surface area contributed by atoms with Gasteiger partial charge in [0.15, 0.2) is 11.7 Å². The Bertz CT molecular complexity index is 929. The SMILES string of the molecule is CCOC(=O)C(C[C@@H](C)[C@H]1CC[C@H]2[C@@H]3C=C(CC)C4=CC(=O)CC[C@]4(C)[C@H]3CC[C@]12C)C(=O)OCC. The van der Waals surface area contributed by atoms with Crippen molar-refractivity contribution >= 4 is 17.7 Å². The van der Waals surface area contributed by atoms with Gasteiger partial charge < -0.3 is 9.47 Å². The van der Waals surface area contributed by atoms with E-state index >= 15 is 0 Å². The van der Waals surface area contributed by atoms with E-state index in [2.05, 4.69) is 33.8 Å². The van der Waals surface area contributed by atoms with Gasteiger partial charge in [0.05, 0.1) is 13.2 Å². The van der Waals surface area contributed by atoms with E-state index in [0.29, 0.717) is 36.5 Å². The Balaban J connectivity index is 1.59. The van der Waals surface area contributed by atoms with Crippen LogP contribution in [0.1, 0.15) is 92.9 Å². The lowest BCUT2D eigenvalue weighted by molar-refractivity contribution is -0.163. The third-order valence-corrected chi connectivity index (χ3v) is 10.6. The fraction of sp³-hybridized carbons (Fsp3) is 0.774. The molecule has 0 unspecified atom stereocenters. The summed E-state index contributed by atoms with van der Waals surface area (Å²) in [4.78, 5) is 37.7. The average Bonchev–Trinajstić information content (AvgIpc) is 3.20. The van der Waals surface area contributed by atoms with Gasteiger partial charge in [0, 0.05) is 6.42 Å². The number of fused-ring (bicyclic) bond motifs is 5. The number of rotatable bonds is 8. The Hall–Kier alpha value is -1.91. The van der Waals surface area contributed by atoms with Gasteiger partial charge in [-0.3, -0.25) is 14.4 Å². The van der Waals surface area contributed by atoms with Crippen LogP contribution in [-0.2, 0) is 23.9 Å². The normalized spacial score (nSPS) is 36.2. The summed E-state index contributed by atoms with van der Waals surface area (Å²) >= 11 is 0. The van der Waals surface area contributed by atoms with Crippen LogP contribution in [0.15, 0.2) is 23.3 Å². The number of hydrogen-bond donors (Lipinski definition) is 0. The van der Waals surface area contributed by atoms with Crippen molar-refractivity contribution in [3.63, 3.8) is 0 Å². The van der Waals surface area contributed by atoms with Crippen molar-refractivity contribution in [1.29, 1.82) is 0 Å². The first-order valence-electron chi connectivity index (χ1n) is 14.4. The highest BCUT2D eigenvalue weighted by Crippen LogP contribution is 2.67. The lowest BCUT2D eigenvalue weighted by Gasteiger charge is -2.57. The summed E-state index contributed by atoms with van der Waals surface area (Å²) in [6.07, 6.45) is 12.3. The topological polar surface area (TPSA) is 69.7 Å². The first kappa shape index (κ1) is 27.1. The molecule has 0 aromatic rings. The highest BCUT2D eigenvalue weighted by Gasteiger charge is 2.59. The maximum absolute atomic E-state index is 12.7. The molecular weight excluding hydrogens is 452 g/mol. The molecule has 0 aromatic carbocycles. The molecular formula is C31H46O5. The summed E-state index contributed by atoms with van der Waals surface area (Å²) < 4.78 is 10.5. The van der Waals surface area contributed by atoms with Gasteiger partial charge in [0.1, 0.15) is 0 Å². The molecule has 0 aromatic heterocycles. The van der Waals surface area contributed by atoms with Crippen molar-refractivity contribution in [1.82, 2.24) is 0 Å². The third kappa shape index (κ3) is 4.49. The van der Waals surface area contributed by atoms with Crippen LogP contribution in [0.5, 0.6) is 0 Å². The monoisotopic (exact) mass is 498 g/mol. The first-order chi connectivity index (χ1) is 17.1. The van der Waals surface area contributed by atoms with E-state index < -0.39 is 17.9 Å². The van der Waals surface area contributed by atoms with E-state index in [1.54, 1.807) is 13.8 Å². The standard InChI is InChI=1S/C31H46O5/c1-7-20-17-22-25-11-10-24(19(4)16-23(28(33)35-8-2)29(34)36-9-3)30(25,5)15-13-26(22)31(6)14-12-21(32)18-27(20)31/h17-19,22-26H,7-16H2,1-6H3/t19-,22+,24-,25+,26+,30-,31-/m1/s1. The maximum atomic E-state index is 12.7. The number of ketones is 1. The molecule has 36 heavy (non-hydrogen) atoms. The molecule has 0 bridgehead atoms. The van der Waals surface area contributed by atoms with Crippen molar-refractivity contribution in [3.05, 3.63) is 23.3 Å². The molecule has 0 heterocycles. The van der Waals surface area contributed by atoms with E-state index in [1.165, 1.54) is 30.4 Å². The molecule has 0 saturated heterocycles. The molecule has 4 aliphatic carbocycles. The molecule has 2 fully saturated rings. The Kier molecular flexibility index (Phi) is 7.88. The second-order valence-corrected chi connectivity index (χ2v) is 12.3. The Morgan fingerprint density at radius 3 is 2.28 bits per heavy atom. The molecule has 0 radical (unpaired) electrons. The van der Waals surface area contributed by atoms with E-state index in [4.69, 9.17) is 9.47 Å². The second kappa shape index (κ2) is 10.5. The van der Waals surface area contributed by atoms with Crippen LogP contribution in [-0.4, -0.2) is 30.9 Å². The lowest BCUT2D eigenvalue weighted by Crippen LogP contribution is -2.50. The van der Waals surface area contributed by atoms with Crippen LogP contribution >= 0.6 is 0 Å². The molecule has 5 nitrogen and oxygen atoms in total. The number of carbonyl (C=O) groups is 3. The number of carbonyl (C=O) groups excluding carboxylic acids is 3. The van der Waals surface area contributed by atoms with Gasteiger partial charge in [-0.15, -0.1) is 0 Å². The van der Waals surface area contributed by atoms with E-state index in [9.17, 15) is 14.4 Å². The second-order valence-electron chi connectivity index (χ2n) is 12.3. The van der Waals surface area contributed by atoms with Crippen LogP contribution in [0.4, 0.5) is 0 Å². The van der Waals surface area contributed by atoms with Gasteiger partial charge in [-0.25, -0.2) is 0 Å². The van der Waals surface area contributed by atoms with Gasteiger partial charge >= 0.3 is 11.9 Å². The number of hydrogen-bond acceptors (Lipinski definition) is 5. The summed E-state index contributed by atoms with van der Waals surface area (Å²) in [7, 11) is 0. The molecule has 0 spiro atoms. The average molecular weight is 499 g/mol. The summed E-state index contributed by atoms with van der Waals surface area (Å²) in [6, 6.07) is 0. The largest absolute Gasteiger partial charge is 0.465 e. The molecule has 7 atom stereocenters. The maximum Gasteiger partial charge on any atom is 0.320 e. The van der Waals surface area contributed by atoms with Crippen molar-refractivity contribution in [3.8, 4) is 0 Å². The van der Waals surface area contributed by atoms with Crippen LogP contribution in [0.25, 0.3) is 0 Å². The van der Waals surface area contributed by atoms with Gasteiger partial charge in [-0.05, 0) is 116 Å². The van der Waals surface area contributed by atoms with E-state index in [1.807, 2.05) is 6.08 Å². The van der Waals surface area contributed by atoms with Crippen molar-refractivity contribution in [2.75, 3.05) is 13.2 Å². The fourth-order valence-corrected chi connectivity index (χ4v) is 8.85. The molecule has 0 aliphatic heterocycles. The van der Waals surface area contributed by atoms with Crippen molar-refractivity contribution in [2.24, 2.45) is 46.3 Å². The minimum atomic E-state index is -0.841. The van der Waals surface area contributed by atoms with Crippen molar-refractivity contribution < 1.29 is 23.9 Å². The number of esters is 2. The first-order valence-corrected chi connectivity index (χ1v) is 14.4. The summed E-state index contributed by atoms with van der Waals surface area (Å²) in [5, 5.41) is 0. The smallest absolute Gasteiger partial charge is 0.320 e. The van der Waals surface area contributed by atoms with Crippen LogP contribution in [0, 0.1) is 46.3 Å². The zero-order chi connectivity index (χ0) is 26.3. The lowest BCUT2D eigenvalue weighted by atomic mass is 9.47. The molecule has 4 aliphatic rings.